The molecule has 5 unspecified atom stereocenters. The minimum Gasteiger partial charge on any atom is -0.480 e. The number of ether oxygens (including phenoxy) is 1. The highest BCUT2D eigenvalue weighted by atomic mass is 32.2. The number of nitrogens with two attached hydrogens (primary N) is 1. The molecule has 0 radical (unpaired) electrons. The summed E-state index contributed by atoms with van der Waals surface area (Å²) in [6.45, 7) is 10.2. The lowest BCUT2D eigenvalue weighted by Crippen LogP contribution is -2.55. The second-order valence-corrected chi connectivity index (χ2v) is 9.17. The van der Waals surface area contributed by atoms with Crippen LogP contribution in [0.25, 0.3) is 0 Å². The van der Waals surface area contributed by atoms with Gasteiger partial charge < -0.3 is 25.8 Å². The summed E-state index contributed by atoms with van der Waals surface area (Å²) in [5, 5.41) is 29.6. The number of aliphatic hydroxyl groups is 2. The van der Waals surface area contributed by atoms with Crippen LogP contribution in [0.1, 0.15) is 46.5 Å². The van der Waals surface area contributed by atoms with Crippen LogP contribution in [-0.2, 0) is 9.53 Å². The summed E-state index contributed by atoms with van der Waals surface area (Å²) in [5.74, 6) is -0.402. The van der Waals surface area contributed by atoms with E-state index >= 15 is 0 Å². The van der Waals surface area contributed by atoms with Gasteiger partial charge in [-0.25, -0.2) is 0 Å². The van der Waals surface area contributed by atoms with Gasteiger partial charge in [0.1, 0.15) is 12.1 Å². The average Bonchev–Trinajstić information content (AvgIpc) is 2.54. The van der Waals surface area contributed by atoms with Gasteiger partial charge >= 0.3 is 5.97 Å². The minimum absolute atomic E-state index is 0.0968. The van der Waals surface area contributed by atoms with E-state index in [1.165, 1.54) is 17.3 Å². The fraction of sp³-hybridized carbons (Fsp3) is 0.842. The van der Waals surface area contributed by atoms with Crippen molar-refractivity contribution in [3.8, 4) is 0 Å². The molecular weight excluding hydrogens is 354 g/mol. The SMILES string of the molecule is C=C(C)CCCCC(C)(C)C1C(CSCC(N)C(=O)O)OCC(O)C1O. The van der Waals surface area contributed by atoms with Crippen molar-refractivity contribution < 1.29 is 24.9 Å². The molecule has 0 aromatic heterocycles. The van der Waals surface area contributed by atoms with Crippen molar-refractivity contribution in [1.82, 2.24) is 0 Å². The highest BCUT2D eigenvalue weighted by molar-refractivity contribution is 7.99. The van der Waals surface area contributed by atoms with Crippen molar-refractivity contribution in [3.05, 3.63) is 12.2 Å². The molecule has 5 N–H and O–H groups in total. The molecule has 5 atom stereocenters. The zero-order valence-corrected chi connectivity index (χ0v) is 17.0. The first-order valence-corrected chi connectivity index (χ1v) is 10.4. The van der Waals surface area contributed by atoms with E-state index in [0.29, 0.717) is 11.5 Å². The maximum atomic E-state index is 10.8. The minimum atomic E-state index is -1.02. The van der Waals surface area contributed by atoms with Crippen LogP contribution < -0.4 is 5.73 Å². The Morgan fingerprint density at radius 1 is 1.38 bits per heavy atom. The van der Waals surface area contributed by atoms with E-state index in [1.54, 1.807) is 0 Å². The molecule has 1 saturated heterocycles. The molecule has 0 aliphatic carbocycles. The van der Waals surface area contributed by atoms with Gasteiger partial charge in [0.2, 0.25) is 0 Å². The van der Waals surface area contributed by atoms with Gasteiger partial charge in [0.25, 0.3) is 0 Å². The molecule has 0 aromatic rings. The summed E-state index contributed by atoms with van der Waals surface area (Å²) in [6, 6.07) is -0.910. The molecular formula is C19H35NO5S. The summed E-state index contributed by atoms with van der Waals surface area (Å²) >= 11 is 1.42. The number of rotatable bonds is 11. The highest BCUT2D eigenvalue weighted by Gasteiger charge is 2.46. The molecule has 1 rings (SSSR count). The van der Waals surface area contributed by atoms with Crippen LogP contribution in [-0.4, -0.2) is 63.8 Å². The maximum Gasteiger partial charge on any atom is 0.321 e. The zero-order valence-electron chi connectivity index (χ0n) is 16.2. The molecule has 1 fully saturated rings. The number of aliphatic hydroxyl groups excluding tert-OH is 2. The van der Waals surface area contributed by atoms with E-state index in [0.717, 1.165) is 25.7 Å². The third-order valence-electron chi connectivity index (χ3n) is 5.12. The van der Waals surface area contributed by atoms with E-state index < -0.39 is 24.2 Å². The maximum absolute atomic E-state index is 10.8. The molecule has 0 amide bonds. The Hall–Kier alpha value is -0.600. The smallest absolute Gasteiger partial charge is 0.321 e. The van der Waals surface area contributed by atoms with Gasteiger partial charge in [-0.1, -0.05) is 25.8 Å². The fourth-order valence-electron chi connectivity index (χ4n) is 3.56. The van der Waals surface area contributed by atoms with Gasteiger partial charge in [-0.3, -0.25) is 4.79 Å². The van der Waals surface area contributed by atoms with Crippen molar-refractivity contribution in [1.29, 1.82) is 0 Å². The molecule has 26 heavy (non-hydrogen) atoms. The van der Waals surface area contributed by atoms with E-state index in [1.807, 2.05) is 6.92 Å². The molecule has 0 bridgehead atoms. The van der Waals surface area contributed by atoms with E-state index in [9.17, 15) is 15.0 Å². The van der Waals surface area contributed by atoms with E-state index in [-0.39, 0.29) is 24.0 Å². The van der Waals surface area contributed by atoms with Crippen LogP contribution in [0.5, 0.6) is 0 Å². The standard InChI is InChI=1S/C19H35NO5S/c1-12(2)7-5-6-8-19(3,4)16-15(25-9-14(21)17(16)22)11-26-10-13(20)18(23)24/h13-17,21-22H,1,5-11,20H2,2-4H3,(H,23,24). The molecule has 1 aliphatic heterocycles. The Labute approximate surface area is 161 Å². The normalized spacial score (nSPS) is 27.9. The summed E-state index contributed by atoms with van der Waals surface area (Å²) in [4.78, 5) is 10.8. The Bertz CT molecular complexity index is 471. The van der Waals surface area contributed by atoms with Crippen molar-refractivity contribution in [2.24, 2.45) is 17.1 Å². The molecule has 0 spiro atoms. The Kier molecular flexibility index (Phi) is 9.61. The predicted molar refractivity (Wildman–Crippen MR) is 105 cm³/mol. The first-order chi connectivity index (χ1) is 12.1. The number of carboxylic acids is 1. The summed E-state index contributed by atoms with van der Waals surface area (Å²) in [5.41, 5.74) is 6.51. The number of hydrogen-bond donors (Lipinski definition) is 4. The second-order valence-electron chi connectivity index (χ2n) is 8.09. The van der Waals surface area contributed by atoms with Crippen LogP contribution in [0.4, 0.5) is 0 Å². The number of allylic oxidation sites excluding steroid dienone is 1. The predicted octanol–water partition coefficient (Wildman–Crippen LogP) is 2.03. The lowest BCUT2D eigenvalue weighted by atomic mass is 9.68. The summed E-state index contributed by atoms with van der Waals surface area (Å²) in [7, 11) is 0. The van der Waals surface area contributed by atoms with Gasteiger partial charge in [-0.2, -0.15) is 11.8 Å². The van der Waals surface area contributed by atoms with Gasteiger partial charge in [-0.05, 0) is 31.6 Å². The molecule has 7 heteroatoms. The van der Waals surface area contributed by atoms with Gasteiger partial charge in [-0.15, -0.1) is 6.58 Å². The lowest BCUT2D eigenvalue weighted by molar-refractivity contribution is -0.180. The first-order valence-electron chi connectivity index (χ1n) is 9.24. The van der Waals surface area contributed by atoms with Crippen molar-refractivity contribution in [2.75, 3.05) is 18.1 Å². The second kappa shape index (κ2) is 10.7. The monoisotopic (exact) mass is 389 g/mol. The number of aliphatic carboxylic acids is 1. The van der Waals surface area contributed by atoms with Crippen molar-refractivity contribution in [3.63, 3.8) is 0 Å². The van der Waals surface area contributed by atoms with E-state index in [4.69, 9.17) is 15.6 Å². The Morgan fingerprint density at radius 3 is 2.62 bits per heavy atom. The van der Waals surface area contributed by atoms with Crippen LogP contribution in [0.3, 0.4) is 0 Å². The molecule has 1 aliphatic rings. The number of carboxylic acid groups (broad SMARTS) is 1. The molecule has 0 saturated carbocycles. The van der Waals surface area contributed by atoms with E-state index in [2.05, 4.69) is 20.4 Å². The third-order valence-corrected chi connectivity index (χ3v) is 6.28. The summed E-state index contributed by atoms with van der Waals surface area (Å²) in [6.07, 6.45) is 2.00. The van der Waals surface area contributed by atoms with Crippen molar-refractivity contribution >= 4 is 17.7 Å². The molecule has 152 valence electrons. The van der Waals surface area contributed by atoms with Gasteiger partial charge in [0.05, 0.1) is 18.8 Å². The van der Waals surface area contributed by atoms with Gasteiger partial charge in [0.15, 0.2) is 0 Å². The van der Waals surface area contributed by atoms with Crippen LogP contribution in [0.2, 0.25) is 0 Å². The molecule has 6 nitrogen and oxygen atoms in total. The number of carbonyl (C=O) groups is 1. The highest BCUT2D eigenvalue weighted by Crippen LogP contribution is 2.42. The first kappa shape index (κ1) is 23.4. The number of hydrogen-bond acceptors (Lipinski definition) is 6. The zero-order chi connectivity index (χ0) is 19.9. The Balaban J connectivity index is 2.68. The number of unbranched alkanes of at least 4 members (excludes halogenated alkanes) is 1. The largest absolute Gasteiger partial charge is 0.480 e. The molecule has 0 aromatic carbocycles. The fourth-order valence-corrected chi connectivity index (χ4v) is 4.63. The lowest BCUT2D eigenvalue weighted by Gasteiger charge is -2.47. The van der Waals surface area contributed by atoms with Crippen molar-refractivity contribution in [2.45, 2.75) is 70.8 Å². The Morgan fingerprint density at radius 2 is 2.04 bits per heavy atom. The molecule has 1 heterocycles. The number of thioether (sulfide) groups is 1. The van der Waals surface area contributed by atoms with Gasteiger partial charge in [0, 0.05) is 17.4 Å². The topological polar surface area (TPSA) is 113 Å². The van der Waals surface area contributed by atoms with Crippen LogP contribution in [0.15, 0.2) is 12.2 Å². The third kappa shape index (κ3) is 7.19. The van der Waals surface area contributed by atoms with Crippen LogP contribution in [0, 0.1) is 11.3 Å². The summed E-state index contributed by atoms with van der Waals surface area (Å²) < 4.78 is 5.81. The van der Waals surface area contributed by atoms with Crippen LogP contribution >= 0.6 is 11.8 Å². The average molecular weight is 390 g/mol. The quantitative estimate of drug-likeness (QED) is 0.316.